The normalized spacial score (nSPS) is 19.9. The van der Waals surface area contributed by atoms with Crippen molar-refractivity contribution in [3.8, 4) is 0 Å². The zero-order valence-corrected chi connectivity index (χ0v) is 13.4. The van der Waals surface area contributed by atoms with Crippen LogP contribution in [0.5, 0.6) is 0 Å². The van der Waals surface area contributed by atoms with Crippen molar-refractivity contribution < 1.29 is 4.79 Å². The van der Waals surface area contributed by atoms with Gasteiger partial charge in [0.05, 0.1) is 11.1 Å². The minimum absolute atomic E-state index is 0.0566. The molecule has 3 heterocycles. The minimum atomic E-state index is -0.104. The lowest BCUT2D eigenvalue weighted by atomic mass is 9.84. The third-order valence-electron chi connectivity index (χ3n) is 5.33. The Kier molecular flexibility index (Phi) is 3.27. The predicted octanol–water partition coefficient (Wildman–Crippen LogP) is 2.86. The summed E-state index contributed by atoms with van der Waals surface area (Å²) in [5.74, 6) is 0.537. The van der Waals surface area contributed by atoms with Crippen molar-refractivity contribution in [2.75, 3.05) is 24.1 Å². The quantitative estimate of drug-likeness (QED) is 0.895. The van der Waals surface area contributed by atoms with Crippen LogP contribution in [0.2, 0.25) is 0 Å². The highest BCUT2D eigenvalue weighted by molar-refractivity contribution is 5.98. The molecular weight excluding hydrogens is 288 g/mol. The number of hydrogen-bond donors (Lipinski definition) is 2. The summed E-state index contributed by atoms with van der Waals surface area (Å²) in [6, 6.07) is 7.89. The molecular formula is C18H22N4O. The molecule has 0 bridgehead atoms. The lowest BCUT2D eigenvalue weighted by Crippen LogP contribution is -2.37. The number of nitrogens with zero attached hydrogens (tertiary/aromatic N) is 2. The van der Waals surface area contributed by atoms with Gasteiger partial charge in [-0.1, -0.05) is 18.2 Å². The maximum atomic E-state index is 11.7. The fourth-order valence-electron chi connectivity index (χ4n) is 4.48. The molecule has 1 aromatic heterocycles. The number of amides is 1. The van der Waals surface area contributed by atoms with Crippen LogP contribution >= 0.6 is 0 Å². The van der Waals surface area contributed by atoms with E-state index in [1.54, 1.807) is 0 Å². The number of carbonyl (C=O) groups excluding carboxylic acids is 1. The lowest BCUT2D eigenvalue weighted by Gasteiger charge is -2.35. The summed E-state index contributed by atoms with van der Waals surface area (Å²) in [6.07, 6.45) is 4.52. The van der Waals surface area contributed by atoms with Crippen LogP contribution in [0.3, 0.4) is 0 Å². The van der Waals surface area contributed by atoms with Gasteiger partial charge in [-0.05, 0) is 44.8 Å². The number of nitrogen functional groups attached to an aromatic ring is 1. The Hall–Kier alpha value is -2.14. The van der Waals surface area contributed by atoms with Crippen LogP contribution in [0.4, 0.5) is 11.5 Å². The number of nitrogens with two attached hydrogens (primary N) is 1. The van der Waals surface area contributed by atoms with E-state index in [4.69, 9.17) is 10.7 Å². The second-order valence-electron chi connectivity index (χ2n) is 6.67. The molecule has 0 radical (unpaired) electrons. The molecule has 0 atom stereocenters. The Morgan fingerprint density at radius 3 is 2.65 bits per heavy atom. The van der Waals surface area contributed by atoms with Crippen LogP contribution < -0.4 is 11.1 Å². The van der Waals surface area contributed by atoms with E-state index in [1.165, 1.54) is 19.8 Å². The number of hydrogen-bond acceptors (Lipinski definition) is 4. The molecule has 4 rings (SSSR count). The van der Waals surface area contributed by atoms with Crippen LogP contribution in [0.1, 0.15) is 38.2 Å². The molecule has 1 aromatic carbocycles. The second-order valence-corrected chi connectivity index (χ2v) is 6.67. The Labute approximate surface area is 135 Å². The monoisotopic (exact) mass is 310 g/mol. The molecule has 2 saturated heterocycles. The van der Waals surface area contributed by atoms with Crippen molar-refractivity contribution in [2.24, 2.45) is 0 Å². The van der Waals surface area contributed by atoms with Gasteiger partial charge in [0.1, 0.15) is 5.82 Å². The molecule has 0 saturated carbocycles. The molecule has 2 aromatic rings. The smallest absolute Gasteiger partial charge is 0.222 e. The number of carbonyl (C=O) groups is 1. The summed E-state index contributed by atoms with van der Waals surface area (Å²) in [7, 11) is 0. The molecule has 5 nitrogen and oxygen atoms in total. The van der Waals surface area contributed by atoms with Gasteiger partial charge in [0, 0.05) is 23.6 Å². The summed E-state index contributed by atoms with van der Waals surface area (Å²) in [6.45, 7) is 3.73. The van der Waals surface area contributed by atoms with Crippen LogP contribution in [-0.4, -0.2) is 28.9 Å². The van der Waals surface area contributed by atoms with Crippen molar-refractivity contribution in [3.05, 3.63) is 29.8 Å². The fourth-order valence-corrected chi connectivity index (χ4v) is 4.48. The number of para-hydroxylation sites is 1. The molecule has 0 spiro atoms. The fraction of sp³-hybridized carbons (Fsp3) is 0.444. The summed E-state index contributed by atoms with van der Waals surface area (Å²) >= 11 is 0. The third-order valence-corrected chi connectivity index (χ3v) is 5.33. The average Bonchev–Trinajstić information content (AvgIpc) is 3.07. The van der Waals surface area contributed by atoms with E-state index in [2.05, 4.69) is 10.2 Å². The van der Waals surface area contributed by atoms with Crippen LogP contribution in [0.25, 0.3) is 10.9 Å². The van der Waals surface area contributed by atoms with Gasteiger partial charge < -0.3 is 11.1 Å². The largest absolute Gasteiger partial charge is 0.398 e. The molecule has 2 aliphatic rings. The van der Waals surface area contributed by atoms with E-state index in [1.807, 2.05) is 24.3 Å². The van der Waals surface area contributed by atoms with Crippen molar-refractivity contribution in [2.45, 2.75) is 38.1 Å². The zero-order valence-electron chi connectivity index (χ0n) is 13.4. The van der Waals surface area contributed by atoms with E-state index < -0.39 is 0 Å². The first-order chi connectivity index (χ1) is 11.1. The van der Waals surface area contributed by atoms with Crippen LogP contribution in [0, 0.1) is 0 Å². The van der Waals surface area contributed by atoms with Crippen molar-refractivity contribution >= 4 is 28.3 Å². The number of fused-ring (bicyclic) bond motifs is 2. The van der Waals surface area contributed by atoms with Gasteiger partial charge in [-0.25, -0.2) is 4.98 Å². The number of aromatic nitrogens is 1. The standard InChI is InChI=1S/C18H22N4O/c1-12(23)20-17-15(18-8-4-10-22(18)11-5-9-18)16(19)13-6-2-3-7-14(13)21-17/h2-3,6-7H,4-5,8-11H2,1H3,(H3,19,20,21,23). The molecule has 1 amide bonds. The second kappa shape index (κ2) is 5.20. The van der Waals surface area contributed by atoms with Crippen LogP contribution in [0.15, 0.2) is 24.3 Å². The molecule has 5 heteroatoms. The Morgan fingerprint density at radius 2 is 1.96 bits per heavy atom. The summed E-state index contributed by atoms with van der Waals surface area (Å²) in [4.78, 5) is 19.0. The Bertz CT molecular complexity index is 776. The maximum absolute atomic E-state index is 11.7. The van der Waals surface area contributed by atoms with E-state index in [0.29, 0.717) is 5.82 Å². The highest BCUT2D eigenvalue weighted by atomic mass is 16.1. The first-order valence-corrected chi connectivity index (χ1v) is 8.33. The first-order valence-electron chi connectivity index (χ1n) is 8.33. The van der Waals surface area contributed by atoms with Gasteiger partial charge in [-0.15, -0.1) is 0 Å². The predicted molar refractivity (Wildman–Crippen MR) is 92.2 cm³/mol. The molecule has 0 aliphatic carbocycles. The number of benzene rings is 1. The number of anilines is 2. The van der Waals surface area contributed by atoms with Gasteiger partial charge in [0.15, 0.2) is 0 Å². The van der Waals surface area contributed by atoms with Gasteiger partial charge in [-0.2, -0.15) is 0 Å². The summed E-state index contributed by atoms with van der Waals surface area (Å²) in [5.41, 5.74) is 9.18. The van der Waals surface area contributed by atoms with Crippen molar-refractivity contribution in [3.63, 3.8) is 0 Å². The summed E-state index contributed by atoms with van der Waals surface area (Å²) < 4.78 is 0. The molecule has 3 N–H and O–H groups in total. The van der Waals surface area contributed by atoms with Crippen LogP contribution in [-0.2, 0) is 10.3 Å². The molecule has 23 heavy (non-hydrogen) atoms. The maximum Gasteiger partial charge on any atom is 0.222 e. The van der Waals surface area contributed by atoms with Gasteiger partial charge in [0.25, 0.3) is 0 Å². The van der Waals surface area contributed by atoms with E-state index in [-0.39, 0.29) is 11.4 Å². The van der Waals surface area contributed by atoms with Crippen molar-refractivity contribution in [1.82, 2.24) is 9.88 Å². The lowest BCUT2D eigenvalue weighted by molar-refractivity contribution is -0.114. The van der Waals surface area contributed by atoms with Gasteiger partial charge >= 0.3 is 0 Å². The summed E-state index contributed by atoms with van der Waals surface area (Å²) in [5, 5.41) is 3.91. The first kappa shape index (κ1) is 14.5. The molecule has 120 valence electrons. The highest BCUT2D eigenvalue weighted by Gasteiger charge is 2.48. The molecule has 2 fully saturated rings. The highest BCUT2D eigenvalue weighted by Crippen LogP contribution is 2.51. The molecule has 0 unspecified atom stereocenters. The Morgan fingerprint density at radius 1 is 1.26 bits per heavy atom. The number of rotatable bonds is 2. The number of pyridine rings is 1. The van der Waals surface area contributed by atoms with Gasteiger partial charge in [-0.3, -0.25) is 9.69 Å². The zero-order chi connectivity index (χ0) is 16.0. The minimum Gasteiger partial charge on any atom is -0.398 e. The van der Waals surface area contributed by atoms with E-state index in [9.17, 15) is 4.79 Å². The Balaban J connectivity index is 2.00. The SMILES string of the molecule is CC(=O)Nc1nc2ccccc2c(N)c1C12CCCN1CCC2. The van der Waals surface area contributed by atoms with Crippen molar-refractivity contribution in [1.29, 1.82) is 0 Å². The van der Waals surface area contributed by atoms with E-state index in [0.717, 1.165) is 48.1 Å². The van der Waals surface area contributed by atoms with E-state index >= 15 is 0 Å². The number of nitrogens with one attached hydrogen (secondary N) is 1. The molecule has 2 aliphatic heterocycles. The average molecular weight is 310 g/mol. The van der Waals surface area contributed by atoms with Gasteiger partial charge in [0.2, 0.25) is 5.91 Å². The topological polar surface area (TPSA) is 71.2 Å². The third kappa shape index (κ3) is 2.10.